The van der Waals surface area contributed by atoms with Crippen molar-refractivity contribution in [3.63, 3.8) is 0 Å². The van der Waals surface area contributed by atoms with Gasteiger partial charge in [-0.15, -0.1) is 0 Å². The SMILES string of the molecule is C/C(N)=C(/N)C1(I)CC1. The molecule has 4 N–H and O–H groups in total. The molecule has 2 nitrogen and oxygen atoms in total. The molecule has 0 bridgehead atoms. The Labute approximate surface area is 68.8 Å². The zero-order valence-corrected chi connectivity index (χ0v) is 7.60. The minimum absolute atomic E-state index is 0.233. The number of hydrogen-bond donors (Lipinski definition) is 2. The molecule has 0 amide bonds. The molecule has 0 aromatic carbocycles. The molecule has 1 fully saturated rings. The smallest absolute Gasteiger partial charge is 0.0633 e. The fraction of sp³-hybridized carbons (Fsp3) is 0.667. The zero-order chi connectivity index (χ0) is 7.07. The van der Waals surface area contributed by atoms with Crippen LogP contribution in [-0.4, -0.2) is 3.42 Å². The average molecular weight is 238 g/mol. The largest absolute Gasteiger partial charge is 0.401 e. The molecule has 1 aliphatic rings. The van der Waals surface area contributed by atoms with E-state index in [4.69, 9.17) is 11.5 Å². The van der Waals surface area contributed by atoms with Crippen LogP contribution in [0.5, 0.6) is 0 Å². The molecule has 0 saturated heterocycles. The van der Waals surface area contributed by atoms with E-state index in [0.29, 0.717) is 0 Å². The maximum atomic E-state index is 5.70. The van der Waals surface area contributed by atoms with E-state index in [1.54, 1.807) is 0 Å². The van der Waals surface area contributed by atoms with E-state index in [1.807, 2.05) is 6.92 Å². The standard InChI is InChI=1S/C6H11IN2/c1-4(8)5(9)6(7)2-3-6/h2-3,8-9H2,1H3/b5-4-. The second-order valence-corrected chi connectivity index (χ2v) is 4.63. The van der Waals surface area contributed by atoms with Crippen LogP contribution >= 0.6 is 22.6 Å². The van der Waals surface area contributed by atoms with Crippen LogP contribution in [0.3, 0.4) is 0 Å². The number of alkyl halides is 1. The minimum atomic E-state index is 0.233. The first-order chi connectivity index (χ1) is 4.06. The van der Waals surface area contributed by atoms with Gasteiger partial charge < -0.3 is 11.5 Å². The first kappa shape index (κ1) is 7.18. The number of halogens is 1. The Morgan fingerprint density at radius 2 is 1.89 bits per heavy atom. The van der Waals surface area contributed by atoms with Crippen LogP contribution in [0, 0.1) is 0 Å². The Morgan fingerprint density at radius 3 is 2.00 bits per heavy atom. The van der Waals surface area contributed by atoms with E-state index in [1.165, 1.54) is 12.8 Å². The lowest BCUT2D eigenvalue weighted by atomic mass is 10.2. The molecule has 0 unspecified atom stereocenters. The van der Waals surface area contributed by atoms with Crippen LogP contribution in [0.15, 0.2) is 11.4 Å². The lowest BCUT2D eigenvalue weighted by Gasteiger charge is -2.07. The highest BCUT2D eigenvalue weighted by Crippen LogP contribution is 2.49. The Kier molecular flexibility index (Phi) is 1.63. The van der Waals surface area contributed by atoms with Crippen molar-refractivity contribution in [2.24, 2.45) is 11.5 Å². The molecule has 0 aromatic rings. The first-order valence-corrected chi connectivity index (χ1v) is 4.05. The van der Waals surface area contributed by atoms with Crippen LogP contribution in [0.1, 0.15) is 19.8 Å². The Bertz CT molecular complexity index is 154. The summed E-state index contributed by atoms with van der Waals surface area (Å²) in [7, 11) is 0. The average Bonchev–Trinajstić information content (AvgIpc) is 2.47. The molecule has 0 radical (unpaired) electrons. The summed E-state index contributed by atoms with van der Waals surface area (Å²) in [6, 6.07) is 0. The summed E-state index contributed by atoms with van der Waals surface area (Å²) in [6.45, 7) is 1.86. The Morgan fingerprint density at radius 1 is 1.44 bits per heavy atom. The fourth-order valence-corrected chi connectivity index (χ4v) is 1.43. The van der Waals surface area contributed by atoms with E-state index in [0.717, 1.165) is 11.4 Å². The number of rotatable bonds is 1. The van der Waals surface area contributed by atoms with Crippen molar-refractivity contribution in [1.82, 2.24) is 0 Å². The van der Waals surface area contributed by atoms with Crippen LogP contribution < -0.4 is 11.5 Å². The third kappa shape index (κ3) is 1.31. The van der Waals surface area contributed by atoms with Gasteiger partial charge in [0.25, 0.3) is 0 Å². The topological polar surface area (TPSA) is 52.0 Å². The molecule has 52 valence electrons. The van der Waals surface area contributed by atoms with E-state index in [2.05, 4.69) is 22.6 Å². The molecule has 0 aliphatic heterocycles. The summed E-state index contributed by atoms with van der Waals surface area (Å²) in [5.41, 5.74) is 12.9. The molecule has 1 aliphatic carbocycles. The predicted molar refractivity (Wildman–Crippen MR) is 47.1 cm³/mol. The predicted octanol–water partition coefficient (Wildman–Crippen LogP) is 1.10. The van der Waals surface area contributed by atoms with Crippen molar-refractivity contribution in [2.45, 2.75) is 23.2 Å². The van der Waals surface area contributed by atoms with Crippen molar-refractivity contribution < 1.29 is 0 Å². The molecule has 3 heteroatoms. The Balaban J connectivity index is 2.73. The van der Waals surface area contributed by atoms with Gasteiger partial charge >= 0.3 is 0 Å². The zero-order valence-electron chi connectivity index (χ0n) is 5.45. The summed E-state index contributed by atoms with van der Waals surface area (Å²) < 4.78 is 0.233. The lowest BCUT2D eigenvalue weighted by Crippen LogP contribution is -2.17. The quantitative estimate of drug-likeness (QED) is 0.531. The monoisotopic (exact) mass is 238 g/mol. The lowest BCUT2D eigenvalue weighted by molar-refractivity contribution is 1.02. The number of hydrogen-bond acceptors (Lipinski definition) is 2. The van der Waals surface area contributed by atoms with Crippen molar-refractivity contribution in [3.8, 4) is 0 Å². The van der Waals surface area contributed by atoms with Crippen LogP contribution in [0.25, 0.3) is 0 Å². The molecular weight excluding hydrogens is 227 g/mol. The van der Waals surface area contributed by atoms with Crippen molar-refractivity contribution in [3.05, 3.63) is 11.4 Å². The summed E-state index contributed by atoms with van der Waals surface area (Å²) in [5, 5.41) is 0. The summed E-state index contributed by atoms with van der Waals surface area (Å²) in [4.78, 5) is 0. The van der Waals surface area contributed by atoms with Crippen molar-refractivity contribution in [2.75, 3.05) is 0 Å². The van der Waals surface area contributed by atoms with Gasteiger partial charge in [0.2, 0.25) is 0 Å². The molecule has 1 saturated carbocycles. The van der Waals surface area contributed by atoms with Gasteiger partial charge in [-0.2, -0.15) is 0 Å². The van der Waals surface area contributed by atoms with E-state index in [9.17, 15) is 0 Å². The number of nitrogens with two attached hydrogens (primary N) is 2. The number of allylic oxidation sites excluding steroid dienone is 2. The van der Waals surface area contributed by atoms with Gasteiger partial charge in [0.05, 0.1) is 3.42 Å². The maximum absolute atomic E-state index is 5.70. The normalized spacial score (nSPS) is 25.1. The van der Waals surface area contributed by atoms with E-state index < -0.39 is 0 Å². The molecule has 9 heavy (non-hydrogen) atoms. The van der Waals surface area contributed by atoms with Crippen molar-refractivity contribution in [1.29, 1.82) is 0 Å². The highest BCUT2D eigenvalue weighted by atomic mass is 127. The first-order valence-electron chi connectivity index (χ1n) is 2.97. The molecule has 0 aromatic heterocycles. The minimum Gasteiger partial charge on any atom is -0.401 e. The fourth-order valence-electron chi connectivity index (χ4n) is 0.732. The van der Waals surface area contributed by atoms with Gasteiger partial charge in [-0.05, 0) is 19.8 Å². The summed E-state index contributed by atoms with van der Waals surface area (Å²) in [5.74, 6) is 0. The van der Waals surface area contributed by atoms with Gasteiger partial charge in [0.1, 0.15) is 0 Å². The van der Waals surface area contributed by atoms with Gasteiger partial charge in [0.15, 0.2) is 0 Å². The van der Waals surface area contributed by atoms with Gasteiger partial charge in [-0.1, -0.05) is 22.6 Å². The van der Waals surface area contributed by atoms with E-state index in [-0.39, 0.29) is 3.42 Å². The highest BCUT2D eigenvalue weighted by molar-refractivity contribution is 14.1. The molecule has 0 spiro atoms. The maximum Gasteiger partial charge on any atom is 0.0633 e. The molecule has 1 rings (SSSR count). The van der Waals surface area contributed by atoms with Gasteiger partial charge in [-0.25, -0.2) is 0 Å². The Hall–Kier alpha value is 0.0700. The van der Waals surface area contributed by atoms with E-state index >= 15 is 0 Å². The van der Waals surface area contributed by atoms with Crippen LogP contribution in [0.4, 0.5) is 0 Å². The van der Waals surface area contributed by atoms with Crippen molar-refractivity contribution >= 4 is 22.6 Å². The summed E-state index contributed by atoms with van der Waals surface area (Å²) in [6.07, 6.45) is 2.38. The van der Waals surface area contributed by atoms with Crippen LogP contribution in [-0.2, 0) is 0 Å². The molecule has 0 heterocycles. The molecule has 0 atom stereocenters. The summed E-state index contributed by atoms with van der Waals surface area (Å²) >= 11 is 2.37. The second kappa shape index (κ2) is 2.04. The third-order valence-corrected chi connectivity index (χ3v) is 3.26. The molecular formula is C6H11IN2. The van der Waals surface area contributed by atoms with Gasteiger partial charge in [-0.3, -0.25) is 0 Å². The second-order valence-electron chi connectivity index (χ2n) is 2.56. The third-order valence-electron chi connectivity index (χ3n) is 1.60. The van der Waals surface area contributed by atoms with Gasteiger partial charge in [0, 0.05) is 11.4 Å². The van der Waals surface area contributed by atoms with Crippen LogP contribution in [0.2, 0.25) is 0 Å². The highest BCUT2D eigenvalue weighted by Gasteiger charge is 2.42.